The Balaban J connectivity index is 0.00000363. The topological polar surface area (TPSA) is 42.9 Å². The van der Waals surface area contributed by atoms with Crippen molar-refractivity contribution in [3.8, 4) is 0 Å². The van der Waals surface area contributed by atoms with Gasteiger partial charge in [-0.05, 0) is 64.6 Å². The second kappa shape index (κ2) is 14.2. The maximum Gasteiger partial charge on any atom is 0.191 e. The molecule has 32 heavy (non-hydrogen) atoms. The van der Waals surface area contributed by atoms with Crippen LogP contribution in [-0.4, -0.2) is 67.6 Å². The van der Waals surface area contributed by atoms with Gasteiger partial charge in [0.2, 0.25) is 0 Å². The van der Waals surface area contributed by atoms with Crippen LogP contribution in [0, 0.1) is 11.7 Å². The molecule has 2 aliphatic rings. The van der Waals surface area contributed by atoms with Gasteiger partial charge in [-0.15, -0.1) is 24.0 Å². The molecule has 180 valence electrons. The van der Waals surface area contributed by atoms with Crippen molar-refractivity contribution in [3.63, 3.8) is 0 Å². The first-order valence-electron chi connectivity index (χ1n) is 11.9. The Labute approximate surface area is 210 Å². The molecule has 2 aliphatic heterocycles. The van der Waals surface area contributed by atoms with E-state index in [4.69, 9.17) is 4.99 Å². The normalized spacial score (nSPS) is 19.4. The molecule has 3 rings (SSSR count). The number of benzene rings is 1. The van der Waals surface area contributed by atoms with Crippen LogP contribution in [0.25, 0.3) is 0 Å². The van der Waals surface area contributed by atoms with Crippen LogP contribution in [0.1, 0.15) is 45.1 Å². The molecule has 0 bridgehead atoms. The lowest BCUT2D eigenvalue weighted by Gasteiger charge is -2.33. The minimum absolute atomic E-state index is 0. The molecular weight excluding hydrogens is 516 g/mol. The summed E-state index contributed by atoms with van der Waals surface area (Å²) in [5, 5.41) is 7.08. The van der Waals surface area contributed by atoms with Gasteiger partial charge in [0.25, 0.3) is 0 Å². The number of guanidine groups is 1. The molecule has 1 aromatic rings. The Kier molecular flexibility index (Phi) is 12.0. The number of hydrogen-bond acceptors (Lipinski definition) is 3. The lowest BCUT2D eigenvalue weighted by molar-refractivity contribution is 0.178. The summed E-state index contributed by atoms with van der Waals surface area (Å²) in [5.74, 6) is 1.46. The van der Waals surface area contributed by atoms with Gasteiger partial charge in [0.15, 0.2) is 5.96 Å². The first-order chi connectivity index (χ1) is 15.0. The van der Waals surface area contributed by atoms with Crippen molar-refractivity contribution in [3.05, 3.63) is 47.8 Å². The van der Waals surface area contributed by atoms with Crippen LogP contribution in [0.4, 0.5) is 4.39 Å². The van der Waals surface area contributed by atoms with Crippen molar-refractivity contribution in [2.45, 2.75) is 52.1 Å². The zero-order chi connectivity index (χ0) is 22.1. The number of hydrogen-bond donors (Lipinski definition) is 2. The Morgan fingerprint density at radius 1 is 1.09 bits per heavy atom. The Morgan fingerprint density at radius 3 is 2.38 bits per heavy atom. The third kappa shape index (κ3) is 8.98. The van der Waals surface area contributed by atoms with Crippen molar-refractivity contribution < 1.29 is 4.39 Å². The minimum Gasteiger partial charge on any atom is -0.357 e. The molecular formula is C25H41FIN5. The van der Waals surface area contributed by atoms with Gasteiger partial charge in [-0.1, -0.05) is 30.4 Å². The Morgan fingerprint density at radius 2 is 1.75 bits per heavy atom. The average Bonchev–Trinajstić information content (AvgIpc) is 2.76. The van der Waals surface area contributed by atoms with Crippen LogP contribution in [0.3, 0.4) is 0 Å². The molecule has 0 atom stereocenters. The predicted octanol–water partition coefficient (Wildman–Crippen LogP) is 4.25. The molecule has 5 nitrogen and oxygen atoms in total. The highest BCUT2D eigenvalue weighted by Crippen LogP contribution is 2.20. The van der Waals surface area contributed by atoms with Gasteiger partial charge in [-0.25, -0.2) is 4.39 Å². The van der Waals surface area contributed by atoms with Crippen LogP contribution in [-0.2, 0) is 6.54 Å². The maximum absolute atomic E-state index is 13.9. The molecule has 1 aromatic carbocycles. The Bertz CT molecular complexity index is 725. The number of nitrogens with one attached hydrogen (secondary N) is 2. The molecule has 2 N–H and O–H groups in total. The lowest BCUT2D eigenvalue weighted by atomic mass is 9.96. The van der Waals surface area contributed by atoms with Crippen molar-refractivity contribution >= 4 is 29.9 Å². The predicted molar refractivity (Wildman–Crippen MR) is 143 cm³/mol. The van der Waals surface area contributed by atoms with E-state index in [0.717, 1.165) is 83.0 Å². The first kappa shape index (κ1) is 27.1. The molecule has 0 aliphatic carbocycles. The molecule has 2 heterocycles. The van der Waals surface area contributed by atoms with E-state index in [2.05, 4.69) is 40.9 Å². The molecule has 0 radical (unpaired) electrons. The fraction of sp³-hybridized carbons (Fsp3) is 0.640. The van der Waals surface area contributed by atoms with Gasteiger partial charge in [-0.2, -0.15) is 0 Å². The van der Waals surface area contributed by atoms with Crippen molar-refractivity contribution in [2.75, 3.05) is 45.8 Å². The van der Waals surface area contributed by atoms with Crippen LogP contribution >= 0.6 is 24.0 Å². The molecule has 7 heteroatoms. The zero-order valence-corrected chi connectivity index (χ0v) is 22.1. The number of aliphatic imine (C=N–C) groups is 1. The summed E-state index contributed by atoms with van der Waals surface area (Å²) in [6.45, 7) is 16.0. The van der Waals surface area contributed by atoms with E-state index in [0.29, 0.717) is 18.5 Å². The fourth-order valence-electron chi connectivity index (χ4n) is 4.55. The molecule has 0 amide bonds. The third-order valence-electron chi connectivity index (χ3n) is 6.33. The van der Waals surface area contributed by atoms with Gasteiger partial charge in [0, 0.05) is 50.9 Å². The molecule has 2 saturated heterocycles. The molecule has 0 aromatic heterocycles. The molecule has 2 fully saturated rings. The van der Waals surface area contributed by atoms with E-state index in [1.807, 2.05) is 12.1 Å². The number of rotatable bonds is 8. The largest absolute Gasteiger partial charge is 0.357 e. The zero-order valence-electron chi connectivity index (χ0n) is 19.8. The van der Waals surface area contributed by atoms with Crippen molar-refractivity contribution in [2.24, 2.45) is 10.9 Å². The highest BCUT2D eigenvalue weighted by atomic mass is 127. The van der Waals surface area contributed by atoms with Gasteiger partial charge in [0.1, 0.15) is 5.82 Å². The highest BCUT2D eigenvalue weighted by molar-refractivity contribution is 14.0. The Hall–Kier alpha value is -1.19. The van der Waals surface area contributed by atoms with E-state index >= 15 is 0 Å². The summed E-state index contributed by atoms with van der Waals surface area (Å²) in [6, 6.07) is 7.60. The van der Waals surface area contributed by atoms with E-state index in [-0.39, 0.29) is 29.8 Å². The summed E-state index contributed by atoms with van der Waals surface area (Å²) in [4.78, 5) is 9.76. The van der Waals surface area contributed by atoms with Gasteiger partial charge in [0.05, 0.1) is 0 Å². The van der Waals surface area contributed by atoms with E-state index in [1.165, 1.54) is 5.57 Å². The van der Waals surface area contributed by atoms with Gasteiger partial charge in [-0.3, -0.25) is 14.8 Å². The smallest absolute Gasteiger partial charge is 0.191 e. The summed E-state index contributed by atoms with van der Waals surface area (Å²) in [7, 11) is 0. The standard InChI is InChI=1S/C25H40FN5.HI/c1-4-27-25(29-23-11-15-30(16-12-23)18-20(2)3)28-17-21-9-13-31(14-10-21)19-22-7-5-6-8-24(22)26;/h5-8,21,23H,2,4,9-19H2,1,3H3,(H2,27,28,29);1H. The van der Waals surface area contributed by atoms with Gasteiger partial charge < -0.3 is 10.6 Å². The quantitative estimate of drug-likeness (QED) is 0.217. The van der Waals surface area contributed by atoms with Crippen LogP contribution in [0.5, 0.6) is 0 Å². The monoisotopic (exact) mass is 557 g/mol. The number of halogens is 2. The number of nitrogens with zero attached hydrogens (tertiary/aromatic N) is 3. The van der Waals surface area contributed by atoms with Crippen LogP contribution < -0.4 is 10.6 Å². The lowest BCUT2D eigenvalue weighted by Crippen LogP contribution is -2.49. The van der Waals surface area contributed by atoms with E-state index in [9.17, 15) is 4.39 Å². The van der Waals surface area contributed by atoms with Crippen molar-refractivity contribution in [1.29, 1.82) is 0 Å². The summed E-state index contributed by atoms with van der Waals surface area (Å²) >= 11 is 0. The second-order valence-electron chi connectivity index (χ2n) is 9.18. The third-order valence-corrected chi connectivity index (χ3v) is 6.33. The molecule has 0 unspecified atom stereocenters. The SMILES string of the molecule is C=C(C)CN1CCC(NC(=NCC2CCN(Cc3ccccc3F)CC2)NCC)CC1.I. The average molecular weight is 558 g/mol. The number of piperidine rings is 2. The summed E-state index contributed by atoms with van der Waals surface area (Å²) < 4.78 is 13.9. The summed E-state index contributed by atoms with van der Waals surface area (Å²) in [5.41, 5.74) is 2.04. The van der Waals surface area contributed by atoms with Crippen molar-refractivity contribution in [1.82, 2.24) is 20.4 Å². The van der Waals surface area contributed by atoms with Crippen LogP contribution in [0.2, 0.25) is 0 Å². The number of likely N-dealkylation sites (tertiary alicyclic amines) is 2. The second-order valence-corrected chi connectivity index (χ2v) is 9.18. The first-order valence-corrected chi connectivity index (χ1v) is 11.9. The highest BCUT2D eigenvalue weighted by Gasteiger charge is 2.22. The fourth-order valence-corrected chi connectivity index (χ4v) is 4.55. The maximum atomic E-state index is 13.9. The van der Waals surface area contributed by atoms with E-state index < -0.39 is 0 Å². The summed E-state index contributed by atoms with van der Waals surface area (Å²) in [6.07, 6.45) is 4.53. The molecule has 0 saturated carbocycles. The molecule has 0 spiro atoms. The minimum atomic E-state index is -0.0963. The van der Waals surface area contributed by atoms with E-state index in [1.54, 1.807) is 12.1 Å². The van der Waals surface area contributed by atoms with Gasteiger partial charge >= 0.3 is 0 Å². The van der Waals surface area contributed by atoms with Crippen LogP contribution in [0.15, 0.2) is 41.4 Å².